The molecular formula is C7H18BrN5O. The van der Waals surface area contributed by atoms with Gasteiger partial charge < -0.3 is 11.1 Å². The number of carbonyl (C=O) groups excluding carboxylic acids is 1. The maximum absolute atomic E-state index is 10.4. The summed E-state index contributed by atoms with van der Waals surface area (Å²) < 4.78 is 0. The van der Waals surface area contributed by atoms with Crippen LogP contribution in [0.25, 0.3) is 0 Å². The van der Waals surface area contributed by atoms with Crippen LogP contribution in [0.15, 0.2) is 4.99 Å². The molecule has 0 aliphatic rings. The maximum atomic E-state index is 10.4. The van der Waals surface area contributed by atoms with E-state index in [9.17, 15) is 4.79 Å². The van der Waals surface area contributed by atoms with Gasteiger partial charge in [0.2, 0.25) is 11.9 Å². The average Bonchev–Trinajstić information content (AvgIpc) is 2.10. The summed E-state index contributed by atoms with van der Waals surface area (Å²) in [6, 6.07) is 0. The standard InChI is InChI=1S/C7H17N5O.BrH/c1-6(13)10-4-2-3-5-11-7(8)12-9;/h2-5,9H2,1H3,(H,10,13)(H3,8,11,12);1H. The molecule has 14 heavy (non-hydrogen) atoms. The van der Waals surface area contributed by atoms with Crippen molar-refractivity contribution in [2.24, 2.45) is 16.6 Å². The summed E-state index contributed by atoms with van der Waals surface area (Å²) in [4.78, 5) is 14.4. The number of aliphatic imine (C=N–C) groups is 1. The second-order valence-corrected chi connectivity index (χ2v) is 2.60. The van der Waals surface area contributed by atoms with Gasteiger partial charge in [-0.3, -0.25) is 15.2 Å². The molecule has 0 saturated heterocycles. The van der Waals surface area contributed by atoms with E-state index < -0.39 is 0 Å². The molecule has 84 valence electrons. The van der Waals surface area contributed by atoms with Gasteiger partial charge in [0.15, 0.2) is 0 Å². The van der Waals surface area contributed by atoms with E-state index in [1.54, 1.807) is 0 Å². The van der Waals surface area contributed by atoms with Gasteiger partial charge in [-0.2, -0.15) is 0 Å². The molecule has 0 aromatic carbocycles. The van der Waals surface area contributed by atoms with Crippen molar-refractivity contribution in [3.63, 3.8) is 0 Å². The summed E-state index contributed by atoms with van der Waals surface area (Å²) in [6.07, 6.45) is 1.77. The smallest absolute Gasteiger partial charge is 0.216 e. The second kappa shape index (κ2) is 10.3. The Morgan fingerprint density at radius 1 is 1.43 bits per heavy atom. The van der Waals surface area contributed by atoms with Crippen molar-refractivity contribution in [3.8, 4) is 0 Å². The molecular weight excluding hydrogens is 250 g/mol. The van der Waals surface area contributed by atoms with Crippen molar-refractivity contribution in [1.82, 2.24) is 10.7 Å². The third-order valence-electron chi connectivity index (χ3n) is 1.39. The number of rotatable bonds is 5. The number of guanidine groups is 1. The number of hydrazine groups is 1. The largest absolute Gasteiger partial charge is 0.369 e. The molecule has 0 aromatic rings. The molecule has 7 heteroatoms. The van der Waals surface area contributed by atoms with Crippen LogP contribution in [0.1, 0.15) is 19.8 Å². The highest BCUT2D eigenvalue weighted by Gasteiger charge is 1.90. The van der Waals surface area contributed by atoms with Crippen molar-refractivity contribution >= 4 is 28.8 Å². The first kappa shape index (κ1) is 15.6. The normalized spacial score (nSPS) is 10.3. The number of nitrogens with zero attached hydrogens (tertiary/aromatic N) is 1. The summed E-state index contributed by atoms with van der Waals surface area (Å²) in [7, 11) is 0. The van der Waals surface area contributed by atoms with E-state index in [1.807, 2.05) is 0 Å². The van der Waals surface area contributed by atoms with Crippen LogP contribution in [0.3, 0.4) is 0 Å². The SMILES string of the molecule is Br.CC(=O)NCCCCN=C(N)NN. The first-order valence-electron chi connectivity index (χ1n) is 4.17. The Balaban J connectivity index is 0. The number of amides is 1. The quantitative estimate of drug-likeness (QED) is 0.173. The first-order chi connectivity index (χ1) is 6.16. The minimum absolute atomic E-state index is 0. The Morgan fingerprint density at radius 2 is 2.07 bits per heavy atom. The Labute approximate surface area is 94.2 Å². The minimum Gasteiger partial charge on any atom is -0.369 e. The van der Waals surface area contributed by atoms with Crippen LogP contribution in [-0.2, 0) is 4.79 Å². The molecule has 0 heterocycles. The van der Waals surface area contributed by atoms with Gasteiger partial charge in [-0.1, -0.05) is 0 Å². The van der Waals surface area contributed by atoms with E-state index in [2.05, 4.69) is 15.7 Å². The summed E-state index contributed by atoms with van der Waals surface area (Å²) in [5.74, 6) is 5.22. The lowest BCUT2D eigenvalue weighted by Gasteiger charge is -2.00. The molecule has 0 fully saturated rings. The highest BCUT2D eigenvalue weighted by molar-refractivity contribution is 8.93. The zero-order valence-corrected chi connectivity index (χ0v) is 9.96. The summed E-state index contributed by atoms with van der Waals surface area (Å²) >= 11 is 0. The zero-order valence-electron chi connectivity index (χ0n) is 8.25. The first-order valence-corrected chi connectivity index (χ1v) is 4.17. The molecule has 6 N–H and O–H groups in total. The number of unbranched alkanes of at least 4 members (excludes halogenated alkanes) is 1. The fraction of sp³-hybridized carbons (Fsp3) is 0.714. The summed E-state index contributed by atoms with van der Waals surface area (Å²) in [5.41, 5.74) is 7.51. The highest BCUT2D eigenvalue weighted by atomic mass is 79.9. The lowest BCUT2D eigenvalue weighted by molar-refractivity contribution is -0.118. The fourth-order valence-corrected chi connectivity index (χ4v) is 0.746. The van der Waals surface area contributed by atoms with Crippen molar-refractivity contribution in [2.75, 3.05) is 13.1 Å². The van der Waals surface area contributed by atoms with Crippen LogP contribution in [0.4, 0.5) is 0 Å². The Bertz CT molecular complexity index is 185. The number of halogens is 1. The molecule has 0 aliphatic carbocycles. The van der Waals surface area contributed by atoms with E-state index >= 15 is 0 Å². The average molecular weight is 268 g/mol. The van der Waals surface area contributed by atoms with Crippen LogP contribution < -0.4 is 22.3 Å². The number of hydrogen-bond acceptors (Lipinski definition) is 3. The molecule has 0 aromatic heterocycles. The number of nitrogens with one attached hydrogen (secondary N) is 2. The van der Waals surface area contributed by atoms with E-state index in [0.717, 1.165) is 12.8 Å². The fourth-order valence-electron chi connectivity index (χ4n) is 0.746. The Hall–Kier alpha value is -0.820. The number of nitrogens with two attached hydrogens (primary N) is 2. The van der Waals surface area contributed by atoms with E-state index in [-0.39, 0.29) is 28.8 Å². The zero-order chi connectivity index (χ0) is 10.1. The third-order valence-corrected chi connectivity index (χ3v) is 1.39. The van der Waals surface area contributed by atoms with Gasteiger partial charge in [0.05, 0.1) is 0 Å². The number of carbonyl (C=O) groups is 1. The molecule has 0 atom stereocenters. The molecule has 0 spiro atoms. The van der Waals surface area contributed by atoms with Crippen molar-refractivity contribution in [1.29, 1.82) is 0 Å². The minimum atomic E-state index is -0.00774. The van der Waals surface area contributed by atoms with Crippen LogP contribution >= 0.6 is 17.0 Å². The Morgan fingerprint density at radius 3 is 2.57 bits per heavy atom. The molecule has 0 rings (SSSR count). The van der Waals surface area contributed by atoms with Gasteiger partial charge in [-0.05, 0) is 12.8 Å². The lowest BCUT2D eigenvalue weighted by atomic mass is 10.3. The van der Waals surface area contributed by atoms with E-state index in [0.29, 0.717) is 13.1 Å². The second-order valence-electron chi connectivity index (χ2n) is 2.60. The lowest BCUT2D eigenvalue weighted by Crippen LogP contribution is -2.37. The van der Waals surface area contributed by atoms with Gasteiger partial charge in [0.25, 0.3) is 0 Å². The highest BCUT2D eigenvalue weighted by Crippen LogP contribution is 1.87. The maximum Gasteiger partial charge on any atom is 0.216 e. The van der Waals surface area contributed by atoms with E-state index in [1.165, 1.54) is 6.92 Å². The van der Waals surface area contributed by atoms with Crippen molar-refractivity contribution in [2.45, 2.75) is 19.8 Å². The molecule has 1 amide bonds. The molecule has 0 unspecified atom stereocenters. The summed E-state index contributed by atoms with van der Waals surface area (Å²) in [6.45, 7) is 2.80. The summed E-state index contributed by atoms with van der Waals surface area (Å²) in [5, 5.41) is 2.69. The predicted molar refractivity (Wildman–Crippen MR) is 62.1 cm³/mol. The van der Waals surface area contributed by atoms with Crippen LogP contribution in [0.5, 0.6) is 0 Å². The number of hydrogen-bond donors (Lipinski definition) is 4. The molecule has 6 nitrogen and oxygen atoms in total. The monoisotopic (exact) mass is 267 g/mol. The third kappa shape index (κ3) is 11.2. The Kier molecular flexibility index (Phi) is 11.5. The van der Waals surface area contributed by atoms with Gasteiger partial charge in [-0.25, -0.2) is 5.84 Å². The van der Waals surface area contributed by atoms with Crippen LogP contribution in [-0.4, -0.2) is 25.0 Å². The van der Waals surface area contributed by atoms with Crippen molar-refractivity contribution < 1.29 is 4.79 Å². The van der Waals surface area contributed by atoms with Crippen LogP contribution in [0.2, 0.25) is 0 Å². The molecule has 0 radical (unpaired) electrons. The topological polar surface area (TPSA) is 106 Å². The van der Waals surface area contributed by atoms with E-state index in [4.69, 9.17) is 11.6 Å². The van der Waals surface area contributed by atoms with Crippen LogP contribution in [0, 0.1) is 0 Å². The van der Waals surface area contributed by atoms with Gasteiger partial charge in [0.1, 0.15) is 0 Å². The molecule has 0 aliphatic heterocycles. The predicted octanol–water partition coefficient (Wildman–Crippen LogP) is -0.741. The molecule has 0 bridgehead atoms. The molecule has 0 saturated carbocycles. The van der Waals surface area contributed by atoms with Gasteiger partial charge in [-0.15, -0.1) is 17.0 Å². The van der Waals surface area contributed by atoms with Crippen molar-refractivity contribution in [3.05, 3.63) is 0 Å². The van der Waals surface area contributed by atoms with Gasteiger partial charge >= 0.3 is 0 Å². The van der Waals surface area contributed by atoms with Gasteiger partial charge in [0, 0.05) is 20.0 Å².